The molecule has 0 spiro atoms. The van der Waals surface area contributed by atoms with Gasteiger partial charge in [-0.15, -0.1) is 0 Å². The van der Waals surface area contributed by atoms with Crippen molar-refractivity contribution in [2.45, 2.75) is 25.9 Å². The van der Waals surface area contributed by atoms with Crippen molar-refractivity contribution in [3.05, 3.63) is 64.8 Å². The minimum Gasteiger partial charge on any atom is -0.493 e. The first kappa shape index (κ1) is 23.8. The SMILES string of the molecule is COc1cc2ncn(CC(=O)N[C@@H](C)C(=O)NCCc3c[nH]c4ccccc34)c(=O)c2cc1OC. The number of nitrogens with zero attached hydrogens (tertiary/aromatic N) is 2. The summed E-state index contributed by atoms with van der Waals surface area (Å²) in [5.74, 6) is 0.0537. The molecule has 0 saturated carbocycles. The standard InChI is InChI=1S/C25H27N5O5/c1-15(24(32)26-9-8-16-12-27-19-7-5-4-6-17(16)19)29-23(31)13-30-14-28-20-11-22(35-3)21(34-2)10-18(20)25(30)33/h4-7,10-12,14-15,27H,8-9,13H2,1-3H3,(H,26,32)(H,29,31)/t15-/m0/s1. The van der Waals surface area contributed by atoms with E-state index < -0.39 is 17.5 Å². The van der Waals surface area contributed by atoms with Crippen molar-refractivity contribution in [3.63, 3.8) is 0 Å². The second kappa shape index (κ2) is 10.3. The number of H-pyrrole nitrogens is 1. The number of ether oxygens (including phenoxy) is 2. The molecule has 0 aliphatic carbocycles. The maximum absolute atomic E-state index is 12.9. The number of fused-ring (bicyclic) bond motifs is 2. The van der Waals surface area contributed by atoms with Crippen molar-refractivity contribution >= 4 is 33.6 Å². The first-order valence-electron chi connectivity index (χ1n) is 11.1. The van der Waals surface area contributed by atoms with Crippen LogP contribution in [-0.4, -0.2) is 53.2 Å². The van der Waals surface area contributed by atoms with E-state index in [1.165, 1.54) is 31.2 Å². The highest BCUT2D eigenvalue weighted by molar-refractivity contribution is 5.88. The van der Waals surface area contributed by atoms with Crippen LogP contribution in [0, 0.1) is 0 Å². The molecule has 0 radical (unpaired) electrons. The number of amides is 2. The normalized spacial score (nSPS) is 11.9. The highest BCUT2D eigenvalue weighted by atomic mass is 16.5. The number of carbonyl (C=O) groups is 2. The van der Waals surface area contributed by atoms with E-state index >= 15 is 0 Å². The number of aromatic amines is 1. The number of hydrogen-bond donors (Lipinski definition) is 3. The fourth-order valence-electron chi connectivity index (χ4n) is 3.92. The molecule has 10 nitrogen and oxygen atoms in total. The van der Waals surface area contributed by atoms with Crippen LogP contribution < -0.4 is 25.7 Å². The molecule has 0 aliphatic heterocycles. The highest BCUT2D eigenvalue weighted by Crippen LogP contribution is 2.29. The number of carbonyl (C=O) groups excluding carboxylic acids is 2. The van der Waals surface area contributed by atoms with E-state index in [2.05, 4.69) is 20.6 Å². The van der Waals surface area contributed by atoms with E-state index in [4.69, 9.17) is 9.47 Å². The number of benzene rings is 2. The Hall–Kier alpha value is -4.34. The third-order valence-electron chi connectivity index (χ3n) is 5.78. The molecule has 0 fully saturated rings. The minimum absolute atomic E-state index is 0.275. The summed E-state index contributed by atoms with van der Waals surface area (Å²) < 4.78 is 11.7. The maximum Gasteiger partial charge on any atom is 0.261 e. The molecule has 10 heteroatoms. The van der Waals surface area contributed by atoms with Crippen LogP contribution in [0.2, 0.25) is 0 Å². The van der Waals surface area contributed by atoms with Gasteiger partial charge in [-0.05, 0) is 31.0 Å². The van der Waals surface area contributed by atoms with Crippen LogP contribution in [0.25, 0.3) is 21.8 Å². The second-order valence-corrected chi connectivity index (χ2v) is 8.09. The lowest BCUT2D eigenvalue weighted by Gasteiger charge is -2.15. The summed E-state index contributed by atoms with van der Waals surface area (Å²) in [6.45, 7) is 1.75. The van der Waals surface area contributed by atoms with Crippen LogP contribution >= 0.6 is 0 Å². The lowest BCUT2D eigenvalue weighted by atomic mass is 10.1. The summed E-state index contributed by atoms with van der Waals surface area (Å²) in [7, 11) is 2.97. The number of aromatic nitrogens is 3. The predicted octanol–water partition coefficient (Wildman–Crippen LogP) is 1.76. The molecule has 0 aliphatic rings. The molecular formula is C25H27N5O5. The number of para-hydroxylation sites is 1. The molecule has 2 aromatic heterocycles. The predicted molar refractivity (Wildman–Crippen MR) is 132 cm³/mol. The van der Waals surface area contributed by atoms with E-state index in [0.29, 0.717) is 35.4 Å². The van der Waals surface area contributed by atoms with Gasteiger partial charge in [0, 0.05) is 29.7 Å². The van der Waals surface area contributed by atoms with Crippen LogP contribution in [0.15, 0.2) is 53.7 Å². The largest absolute Gasteiger partial charge is 0.493 e. The van der Waals surface area contributed by atoms with Crippen molar-refractivity contribution in [2.24, 2.45) is 0 Å². The Labute approximate surface area is 201 Å². The monoisotopic (exact) mass is 477 g/mol. The zero-order chi connectivity index (χ0) is 24.9. The summed E-state index contributed by atoms with van der Waals surface area (Å²) in [5, 5.41) is 6.88. The lowest BCUT2D eigenvalue weighted by molar-refractivity contribution is -0.128. The van der Waals surface area contributed by atoms with Gasteiger partial charge in [-0.2, -0.15) is 0 Å². The Morgan fingerprint density at radius 2 is 1.86 bits per heavy atom. The third kappa shape index (κ3) is 5.11. The lowest BCUT2D eigenvalue weighted by Crippen LogP contribution is -2.46. The maximum atomic E-state index is 12.9. The van der Waals surface area contributed by atoms with E-state index in [1.807, 2.05) is 30.5 Å². The minimum atomic E-state index is -0.765. The van der Waals surface area contributed by atoms with Crippen LogP contribution in [-0.2, 0) is 22.6 Å². The summed E-state index contributed by atoms with van der Waals surface area (Å²) in [6.07, 6.45) is 3.88. The average Bonchev–Trinajstić information content (AvgIpc) is 3.28. The molecule has 0 bridgehead atoms. The number of rotatable bonds is 9. The summed E-state index contributed by atoms with van der Waals surface area (Å²) in [6, 6.07) is 10.3. The van der Waals surface area contributed by atoms with Crippen molar-refractivity contribution in [3.8, 4) is 11.5 Å². The first-order chi connectivity index (χ1) is 16.9. The van der Waals surface area contributed by atoms with Gasteiger partial charge < -0.3 is 25.1 Å². The summed E-state index contributed by atoms with van der Waals surface area (Å²) in [5.41, 5.74) is 2.18. The first-order valence-corrected chi connectivity index (χ1v) is 11.1. The van der Waals surface area contributed by atoms with E-state index in [1.54, 1.807) is 13.0 Å². The molecule has 4 rings (SSSR count). The van der Waals surface area contributed by atoms with Gasteiger partial charge >= 0.3 is 0 Å². The van der Waals surface area contributed by atoms with Gasteiger partial charge in [0.25, 0.3) is 5.56 Å². The van der Waals surface area contributed by atoms with Gasteiger partial charge in [0.05, 0.1) is 31.4 Å². The molecule has 2 aromatic carbocycles. The van der Waals surface area contributed by atoms with Gasteiger partial charge in [0.15, 0.2) is 11.5 Å². The molecular weight excluding hydrogens is 450 g/mol. The smallest absolute Gasteiger partial charge is 0.261 e. The molecule has 0 saturated heterocycles. The molecule has 2 heterocycles. The Bertz CT molecular complexity index is 1440. The Balaban J connectivity index is 1.34. The van der Waals surface area contributed by atoms with E-state index in [0.717, 1.165) is 16.5 Å². The number of nitrogens with one attached hydrogen (secondary N) is 3. The van der Waals surface area contributed by atoms with Gasteiger partial charge in [0.1, 0.15) is 12.6 Å². The highest BCUT2D eigenvalue weighted by Gasteiger charge is 2.17. The fourth-order valence-corrected chi connectivity index (χ4v) is 3.92. The van der Waals surface area contributed by atoms with Gasteiger partial charge in [-0.25, -0.2) is 4.98 Å². The van der Waals surface area contributed by atoms with Crippen molar-refractivity contribution < 1.29 is 19.1 Å². The molecule has 3 N–H and O–H groups in total. The Morgan fingerprint density at radius 3 is 2.63 bits per heavy atom. The average molecular weight is 478 g/mol. The topological polar surface area (TPSA) is 127 Å². The molecule has 35 heavy (non-hydrogen) atoms. The van der Waals surface area contributed by atoms with Crippen LogP contribution in [0.5, 0.6) is 11.5 Å². The van der Waals surface area contributed by atoms with Crippen molar-refractivity contribution in [1.82, 2.24) is 25.2 Å². The van der Waals surface area contributed by atoms with Gasteiger partial charge in [-0.1, -0.05) is 18.2 Å². The van der Waals surface area contributed by atoms with Crippen molar-refractivity contribution in [1.29, 1.82) is 0 Å². The van der Waals surface area contributed by atoms with Gasteiger partial charge in [0.2, 0.25) is 11.8 Å². The quantitative estimate of drug-likeness (QED) is 0.337. The summed E-state index contributed by atoms with van der Waals surface area (Å²) >= 11 is 0. The fraction of sp³-hybridized carbons (Fsp3) is 0.280. The van der Waals surface area contributed by atoms with Crippen LogP contribution in [0.3, 0.4) is 0 Å². The summed E-state index contributed by atoms with van der Waals surface area (Å²) in [4.78, 5) is 45.3. The zero-order valence-corrected chi connectivity index (χ0v) is 19.8. The molecule has 1 atom stereocenters. The number of methoxy groups -OCH3 is 2. The van der Waals surface area contributed by atoms with Crippen LogP contribution in [0.4, 0.5) is 0 Å². The van der Waals surface area contributed by atoms with E-state index in [-0.39, 0.29) is 12.5 Å². The zero-order valence-electron chi connectivity index (χ0n) is 19.8. The van der Waals surface area contributed by atoms with E-state index in [9.17, 15) is 14.4 Å². The third-order valence-corrected chi connectivity index (χ3v) is 5.78. The van der Waals surface area contributed by atoms with Crippen LogP contribution in [0.1, 0.15) is 12.5 Å². The molecule has 4 aromatic rings. The number of hydrogen-bond acceptors (Lipinski definition) is 6. The molecule has 182 valence electrons. The molecule has 0 unspecified atom stereocenters. The van der Waals surface area contributed by atoms with Gasteiger partial charge in [-0.3, -0.25) is 19.0 Å². The Morgan fingerprint density at radius 1 is 1.11 bits per heavy atom. The molecule has 2 amide bonds. The Kier molecular flexibility index (Phi) is 7.00. The van der Waals surface area contributed by atoms with Crippen molar-refractivity contribution in [2.75, 3.05) is 20.8 Å². The second-order valence-electron chi connectivity index (χ2n) is 8.09.